The average molecular weight is 317 g/mol. The summed E-state index contributed by atoms with van der Waals surface area (Å²) in [6, 6.07) is 0. The molecule has 2 fully saturated rings. The van der Waals surface area contributed by atoms with Crippen molar-refractivity contribution in [2.24, 2.45) is 17.6 Å². The Morgan fingerprint density at radius 3 is 2.52 bits per heavy atom. The highest BCUT2D eigenvalue weighted by Gasteiger charge is 2.34. The fraction of sp³-hybridized carbons (Fsp3) is 1.00. The third-order valence-corrected chi connectivity index (χ3v) is 6.83. The van der Waals surface area contributed by atoms with E-state index in [0.29, 0.717) is 19.0 Å². The Morgan fingerprint density at radius 2 is 1.86 bits per heavy atom. The highest BCUT2D eigenvalue weighted by molar-refractivity contribution is 7.88. The number of hydrogen-bond donors (Lipinski definition) is 1. The van der Waals surface area contributed by atoms with Crippen molar-refractivity contribution in [1.82, 2.24) is 4.31 Å². The molecule has 5 heteroatoms. The summed E-state index contributed by atoms with van der Waals surface area (Å²) in [5.41, 5.74) is 6.63. The molecule has 0 aromatic heterocycles. The van der Waals surface area contributed by atoms with E-state index in [4.69, 9.17) is 5.73 Å². The maximum Gasteiger partial charge on any atom is 0.211 e. The summed E-state index contributed by atoms with van der Waals surface area (Å²) in [4.78, 5) is 0. The minimum Gasteiger partial charge on any atom is -0.325 e. The summed E-state index contributed by atoms with van der Waals surface area (Å²) in [6.45, 7) is 3.64. The molecule has 3 atom stereocenters. The predicted octanol–water partition coefficient (Wildman–Crippen LogP) is 2.74. The van der Waals surface area contributed by atoms with Crippen LogP contribution >= 0.6 is 0 Å². The summed E-state index contributed by atoms with van der Waals surface area (Å²) >= 11 is 0. The summed E-state index contributed by atoms with van der Waals surface area (Å²) in [5, 5.41) is 0. The molecular weight excluding hydrogens is 284 g/mol. The minimum atomic E-state index is -3.05. The topological polar surface area (TPSA) is 63.4 Å². The maximum atomic E-state index is 11.7. The second-order valence-electron chi connectivity index (χ2n) is 7.40. The number of hydrogen-bond acceptors (Lipinski definition) is 3. The molecule has 0 radical (unpaired) electrons. The van der Waals surface area contributed by atoms with Crippen molar-refractivity contribution >= 4 is 10.0 Å². The van der Waals surface area contributed by atoms with Crippen LogP contribution in [-0.4, -0.2) is 37.6 Å². The standard InChI is InChI=1S/C16H32N2O2S/c1-3-14-6-4-9-16(17,10-8-14)12-15-7-5-11-18(13-15)21(2,19)20/h14-15H,3-13,17H2,1-2H3. The van der Waals surface area contributed by atoms with Gasteiger partial charge in [-0.2, -0.15) is 0 Å². The molecule has 2 rings (SSSR count). The van der Waals surface area contributed by atoms with E-state index >= 15 is 0 Å². The van der Waals surface area contributed by atoms with Crippen LogP contribution in [0.1, 0.15) is 64.7 Å². The van der Waals surface area contributed by atoms with Crippen molar-refractivity contribution in [3.63, 3.8) is 0 Å². The largest absolute Gasteiger partial charge is 0.325 e. The zero-order valence-electron chi connectivity index (χ0n) is 13.7. The highest BCUT2D eigenvalue weighted by atomic mass is 32.2. The normalized spacial score (nSPS) is 36.3. The van der Waals surface area contributed by atoms with Gasteiger partial charge in [0.05, 0.1) is 6.26 Å². The van der Waals surface area contributed by atoms with Gasteiger partial charge in [-0.05, 0) is 50.4 Å². The molecule has 0 bridgehead atoms. The predicted molar refractivity (Wildman–Crippen MR) is 87.5 cm³/mol. The quantitative estimate of drug-likeness (QED) is 0.811. The van der Waals surface area contributed by atoms with Gasteiger partial charge in [0, 0.05) is 18.6 Å². The Bertz CT molecular complexity index is 438. The summed E-state index contributed by atoms with van der Waals surface area (Å²) in [7, 11) is -3.05. The summed E-state index contributed by atoms with van der Waals surface area (Å²) in [6.07, 6.45) is 11.7. The third-order valence-electron chi connectivity index (χ3n) is 5.56. The number of nitrogens with zero attached hydrogens (tertiary/aromatic N) is 1. The lowest BCUT2D eigenvalue weighted by molar-refractivity contribution is 0.201. The molecule has 3 unspecified atom stereocenters. The van der Waals surface area contributed by atoms with Crippen LogP contribution in [0.4, 0.5) is 0 Å². The molecule has 21 heavy (non-hydrogen) atoms. The van der Waals surface area contributed by atoms with Crippen LogP contribution in [0, 0.1) is 11.8 Å². The fourth-order valence-electron chi connectivity index (χ4n) is 4.19. The highest BCUT2D eigenvalue weighted by Crippen LogP contribution is 2.36. The summed E-state index contributed by atoms with van der Waals surface area (Å²) < 4.78 is 25.1. The molecule has 2 aliphatic rings. The van der Waals surface area contributed by atoms with Crippen LogP contribution < -0.4 is 5.73 Å². The Morgan fingerprint density at radius 1 is 1.14 bits per heavy atom. The third kappa shape index (κ3) is 4.93. The first-order valence-corrected chi connectivity index (χ1v) is 10.4. The van der Waals surface area contributed by atoms with Gasteiger partial charge in [-0.15, -0.1) is 0 Å². The van der Waals surface area contributed by atoms with Crippen LogP contribution in [0.5, 0.6) is 0 Å². The zero-order chi connectivity index (χ0) is 15.5. The van der Waals surface area contributed by atoms with Crippen LogP contribution in [0.3, 0.4) is 0 Å². The molecule has 0 spiro atoms. The molecule has 0 amide bonds. The molecule has 1 saturated carbocycles. The van der Waals surface area contributed by atoms with E-state index in [0.717, 1.165) is 38.0 Å². The second kappa shape index (κ2) is 6.97. The van der Waals surface area contributed by atoms with Gasteiger partial charge in [0.15, 0.2) is 0 Å². The SMILES string of the molecule is CCC1CCCC(N)(CC2CCCN(S(C)(=O)=O)C2)CC1. The number of sulfonamides is 1. The first kappa shape index (κ1) is 17.2. The fourth-order valence-corrected chi connectivity index (χ4v) is 5.13. The molecule has 124 valence electrons. The zero-order valence-corrected chi connectivity index (χ0v) is 14.5. The molecule has 1 aliphatic carbocycles. The van der Waals surface area contributed by atoms with E-state index in [1.807, 2.05) is 0 Å². The molecule has 1 heterocycles. The number of rotatable bonds is 4. The average Bonchev–Trinajstić information content (AvgIpc) is 2.60. The molecule has 1 saturated heterocycles. The van der Waals surface area contributed by atoms with E-state index in [-0.39, 0.29) is 5.54 Å². The van der Waals surface area contributed by atoms with Crippen molar-refractivity contribution < 1.29 is 8.42 Å². The van der Waals surface area contributed by atoms with Crippen molar-refractivity contribution in [3.8, 4) is 0 Å². The Labute approximate surface area is 130 Å². The summed E-state index contributed by atoms with van der Waals surface area (Å²) in [5.74, 6) is 1.28. The van der Waals surface area contributed by atoms with Gasteiger partial charge >= 0.3 is 0 Å². The minimum absolute atomic E-state index is 0.0604. The molecule has 4 nitrogen and oxygen atoms in total. The molecule has 2 N–H and O–H groups in total. The molecule has 0 aromatic carbocycles. The Hall–Kier alpha value is -0.130. The van der Waals surface area contributed by atoms with Crippen LogP contribution in [0.25, 0.3) is 0 Å². The van der Waals surface area contributed by atoms with Crippen LogP contribution in [-0.2, 0) is 10.0 Å². The number of piperidine rings is 1. The smallest absolute Gasteiger partial charge is 0.211 e. The van der Waals surface area contributed by atoms with Gasteiger partial charge in [0.2, 0.25) is 10.0 Å². The van der Waals surface area contributed by atoms with Crippen molar-refractivity contribution in [2.45, 2.75) is 70.3 Å². The lowest BCUT2D eigenvalue weighted by Crippen LogP contribution is -2.46. The van der Waals surface area contributed by atoms with Gasteiger partial charge in [0.1, 0.15) is 0 Å². The number of nitrogens with two attached hydrogens (primary N) is 1. The Balaban J connectivity index is 1.93. The first-order chi connectivity index (χ1) is 9.82. The van der Waals surface area contributed by atoms with E-state index < -0.39 is 10.0 Å². The van der Waals surface area contributed by atoms with E-state index in [9.17, 15) is 8.42 Å². The van der Waals surface area contributed by atoms with E-state index in [1.165, 1.54) is 31.9 Å². The molecule has 1 aliphatic heterocycles. The van der Waals surface area contributed by atoms with Crippen LogP contribution in [0.15, 0.2) is 0 Å². The lowest BCUT2D eigenvalue weighted by Gasteiger charge is -2.37. The Kier molecular flexibility index (Phi) is 5.71. The van der Waals surface area contributed by atoms with Gasteiger partial charge < -0.3 is 5.73 Å². The van der Waals surface area contributed by atoms with Crippen molar-refractivity contribution in [3.05, 3.63) is 0 Å². The van der Waals surface area contributed by atoms with Gasteiger partial charge in [-0.25, -0.2) is 12.7 Å². The lowest BCUT2D eigenvalue weighted by atomic mass is 9.79. The van der Waals surface area contributed by atoms with E-state index in [2.05, 4.69) is 6.92 Å². The first-order valence-electron chi connectivity index (χ1n) is 8.56. The molecule has 0 aromatic rings. The van der Waals surface area contributed by atoms with Gasteiger partial charge in [0.25, 0.3) is 0 Å². The van der Waals surface area contributed by atoms with Crippen molar-refractivity contribution in [1.29, 1.82) is 0 Å². The van der Waals surface area contributed by atoms with Crippen LogP contribution in [0.2, 0.25) is 0 Å². The second-order valence-corrected chi connectivity index (χ2v) is 9.38. The van der Waals surface area contributed by atoms with E-state index in [1.54, 1.807) is 4.31 Å². The maximum absolute atomic E-state index is 11.7. The monoisotopic (exact) mass is 316 g/mol. The van der Waals surface area contributed by atoms with Gasteiger partial charge in [-0.1, -0.05) is 26.2 Å². The van der Waals surface area contributed by atoms with Crippen molar-refractivity contribution in [2.75, 3.05) is 19.3 Å². The molecular formula is C16H32N2O2S. The van der Waals surface area contributed by atoms with Gasteiger partial charge in [-0.3, -0.25) is 0 Å².